The number of hydrogen-bond acceptors (Lipinski definition) is 4. The third-order valence-electron chi connectivity index (χ3n) is 4.24. The van der Waals surface area contributed by atoms with Crippen molar-refractivity contribution in [2.24, 2.45) is 0 Å². The summed E-state index contributed by atoms with van der Waals surface area (Å²) >= 11 is 0. The molecule has 0 saturated carbocycles. The first-order valence-electron chi connectivity index (χ1n) is 8.45. The van der Waals surface area contributed by atoms with Crippen molar-refractivity contribution in [3.05, 3.63) is 69.9 Å². The summed E-state index contributed by atoms with van der Waals surface area (Å²) in [6.45, 7) is 4.06. The average molecular weight is 350 g/mol. The molecule has 0 spiro atoms. The van der Waals surface area contributed by atoms with Gasteiger partial charge in [-0.2, -0.15) is 0 Å². The monoisotopic (exact) mass is 350 g/mol. The Morgan fingerprint density at radius 3 is 2.35 bits per heavy atom. The summed E-state index contributed by atoms with van der Waals surface area (Å²) in [5, 5.41) is 0.435. The maximum Gasteiger partial charge on any atom is 0.197 e. The quantitative estimate of drug-likeness (QED) is 0.609. The van der Waals surface area contributed by atoms with Gasteiger partial charge in [-0.1, -0.05) is 42.0 Å². The summed E-state index contributed by atoms with van der Waals surface area (Å²) in [5.41, 5.74) is 3.23. The van der Waals surface area contributed by atoms with Crippen molar-refractivity contribution in [1.29, 1.82) is 0 Å². The highest BCUT2D eigenvalue weighted by Gasteiger charge is 2.19. The van der Waals surface area contributed by atoms with E-state index in [2.05, 4.69) is 6.08 Å². The topological polar surface area (TPSA) is 48.7 Å². The molecule has 0 atom stereocenters. The van der Waals surface area contributed by atoms with Crippen LogP contribution in [0.2, 0.25) is 0 Å². The van der Waals surface area contributed by atoms with E-state index in [1.807, 2.05) is 44.2 Å². The van der Waals surface area contributed by atoms with Crippen molar-refractivity contribution >= 4 is 11.0 Å². The highest BCUT2D eigenvalue weighted by molar-refractivity contribution is 5.89. The molecule has 134 valence electrons. The van der Waals surface area contributed by atoms with E-state index in [1.54, 1.807) is 13.2 Å². The highest BCUT2D eigenvalue weighted by atomic mass is 16.5. The zero-order valence-corrected chi connectivity index (χ0v) is 15.5. The largest absolute Gasteiger partial charge is 0.496 e. The van der Waals surface area contributed by atoms with E-state index in [0.717, 1.165) is 11.1 Å². The van der Waals surface area contributed by atoms with Crippen molar-refractivity contribution in [1.82, 2.24) is 0 Å². The molecular formula is C22H22O4. The number of ether oxygens (including phenoxy) is 2. The van der Waals surface area contributed by atoms with Gasteiger partial charge in [0.25, 0.3) is 0 Å². The van der Waals surface area contributed by atoms with Crippen molar-refractivity contribution in [3.8, 4) is 22.8 Å². The van der Waals surface area contributed by atoms with E-state index in [1.165, 1.54) is 18.7 Å². The Hall–Kier alpha value is -3.01. The Kier molecular flexibility index (Phi) is 5.12. The van der Waals surface area contributed by atoms with Gasteiger partial charge >= 0.3 is 0 Å². The van der Waals surface area contributed by atoms with Crippen LogP contribution in [0, 0.1) is 0 Å². The molecule has 0 aliphatic heterocycles. The van der Waals surface area contributed by atoms with Crippen LogP contribution in [0.5, 0.6) is 11.5 Å². The van der Waals surface area contributed by atoms with E-state index >= 15 is 0 Å². The van der Waals surface area contributed by atoms with Crippen molar-refractivity contribution in [3.63, 3.8) is 0 Å². The van der Waals surface area contributed by atoms with Gasteiger partial charge in [0.05, 0.1) is 14.2 Å². The second-order valence-corrected chi connectivity index (χ2v) is 6.29. The van der Waals surface area contributed by atoms with Crippen molar-refractivity contribution in [2.75, 3.05) is 14.2 Å². The fourth-order valence-corrected chi connectivity index (χ4v) is 2.92. The zero-order chi connectivity index (χ0) is 18.7. The predicted molar refractivity (Wildman–Crippen MR) is 104 cm³/mol. The molecule has 3 rings (SSSR count). The number of methoxy groups -OCH3 is 2. The molecule has 4 nitrogen and oxygen atoms in total. The highest BCUT2D eigenvalue weighted by Crippen LogP contribution is 2.36. The summed E-state index contributed by atoms with van der Waals surface area (Å²) in [4.78, 5) is 12.8. The predicted octanol–water partition coefficient (Wildman–Crippen LogP) is 4.99. The maximum atomic E-state index is 12.8. The van der Waals surface area contributed by atoms with Gasteiger partial charge in [0.15, 0.2) is 5.43 Å². The standard InChI is InChI=1S/C22H22O4/c1-14(2)10-11-16-19(24-3)13-20(25-4)21-17(23)12-18(26-22(16)21)15-8-6-5-7-9-15/h5-10,12-13H,11H2,1-4H3. The zero-order valence-electron chi connectivity index (χ0n) is 15.5. The summed E-state index contributed by atoms with van der Waals surface area (Å²) < 4.78 is 17.2. The van der Waals surface area contributed by atoms with E-state index in [-0.39, 0.29) is 5.43 Å². The first-order valence-corrected chi connectivity index (χ1v) is 8.45. The molecular weight excluding hydrogens is 328 g/mol. The van der Waals surface area contributed by atoms with Gasteiger partial charge < -0.3 is 13.9 Å². The average Bonchev–Trinajstić information content (AvgIpc) is 2.65. The number of allylic oxidation sites excluding steroid dienone is 2. The summed E-state index contributed by atoms with van der Waals surface area (Å²) in [5.74, 6) is 1.61. The van der Waals surface area contributed by atoms with E-state index in [0.29, 0.717) is 34.6 Å². The third kappa shape index (κ3) is 3.36. The Labute approximate surface area is 152 Å². The molecule has 0 bridgehead atoms. The van der Waals surface area contributed by atoms with Crippen LogP contribution in [0.3, 0.4) is 0 Å². The van der Waals surface area contributed by atoms with Gasteiger partial charge in [-0.15, -0.1) is 0 Å². The molecule has 0 radical (unpaired) electrons. The minimum atomic E-state index is -0.136. The number of fused-ring (bicyclic) bond motifs is 1. The molecule has 0 saturated heterocycles. The lowest BCUT2D eigenvalue weighted by atomic mass is 10.0. The lowest BCUT2D eigenvalue weighted by Crippen LogP contribution is -2.06. The second kappa shape index (κ2) is 7.48. The molecule has 3 aromatic rings. The van der Waals surface area contributed by atoms with E-state index < -0.39 is 0 Å². The third-order valence-corrected chi connectivity index (χ3v) is 4.24. The van der Waals surface area contributed by atoms with E-state index in [4.69, 9.17) is 13.9 Å². The normalized spacial score (nSPS) is 10.6. The first kappa shape index (κ1) is 17.8. The smallest absolute Gasteiger partial charge is 0.197 e. The maximum absolute atomic E-state index is 12.8. The molecule has 4 heteroatoms. The summed E-state index contributed by atoms with van der Waals surface area (Å²) in [7, 11) is 3.14. The Balaban J connectivity index is 2.37. The fraction of sp³-hybridized carbons (Fsp3) is 0.227. The Morgan fingerprint density at radius 2 is 1.73 bits per heavy atom. The SMILES string of the molecule is COc1cc(OC)c2c(=O)cc(-c3ccccc3)oc2c1CC=C(C)C. The molecule has 0 fully saturated rings. The van der Waals surface area contributed by atoms with Crippen LogP contribution in [0.25, 0.3) is 22.3 Å². The lowest BCUT2D eigenvalue weighted by molar-refractivity contribution is 0.393. The minimum Gasteiger partial charge on any atom is -0.496 e. The molecule has 1 aromatic heterocycles. The molecule has 0 amide bonds. The fourth-order valence-electron chi connectivity index (χ4n) is 2.92. The number of benzene rings is 2. The van der Waals surface area contributed by atoms with Gasteiger partial charge in [-0.3, -0.25) is 4.79 Å². The van der Waals surface area contributed by atoms with Gasteiger partial charge in [-0.05, 0) is 20.3 Å². The number of rotatable bonds is 5. The number of hydrogen-bond donors (Lipinski definition) is 0. The van der Waals surface area contributed by atoms with Crippen LogP contribution in [0.4, 0.5) is 0 Å². The van der Waals surface area contributed by atoms with Crippen LogP contribution >= 0.6 is 0 Å². The molecule has 0 aliphatic carbocycles. The summed E-state index contributed by atoms with van der Waals surface area (Å²) in [6.07, 6.45) is 2.69. The van der Waals surface area contributed by atoms with Gasteiger partial charge in [0.1, 0.15) is 28.2 Å². The molecule has 0 aliphatic rings. The Bertz CT molecular complexity index is 1010. The second-order valence-electron chi connectivity index (χ2n) is 6.29. The molecule has 26 heavy (non-hydrogen) atoms. The van der Waals surface area contributed by atoms with Gasteiger partial charge in [-0.25, -0.2) is 0 Å². The summed E-state index contributed by atoms with van der Waals surface area (Å²) in [6, 6.07) is 12.8. The molecule has 1 heterocycles. The molecule has 0 N–H and O–H groups in total. The minimum absolute atomic E-state index is 0.136. The van der Waals surface area contributed by atoms with Crippen LogP contribution in [-0.2, 0) is 6.42 Å². The van der Waals surface area contributed by atoms with Crippen LogP contribution in [0.1, 0.15) is 19.4 Å². The van der Waals surface area contributed by atoms with Crippen molar-refractivity contribution in [2.45, 2.75) is 20.3 Å². The van der Waals surface area contributed by atoms with Crippen LogP contribution < -0.4 is 14.9 Å². The van der Waals surface area contributed by atoms with Crippen LogP contribution in [0.15, 0.2) is 63.3 Å². The van der Waals surface area contributed by atoms with Gasteiger partial charge in [0, 0.05) is 23.3 Å². The molecule has 2 aromatic carbocycles. The Morgan fingerprint density at radius 1 is 1.04 bits per heavy atom. The van der Waals surface area contributed by atoms with E-state index in [9.17, 15) is 4.79 Å². The molecule has 0 unspecified atom stereocenters. The van der Waals surface area contributed by atoms with Crippen molar-refractivity contribution < 1.29 is 13.9 Å². The van der Waals surface area contributed by atoms with Crippen LogP contribution in [-0.4, -0.2) is 14.2 Å². The van der Waals surface area contributed by atoms with Gasteiger partial charge in [0.2, 0.25) is 0 Å². The lowest BCUT2D eigenvalue weighted by Gasteiger charge is -2.14. The first-order chi connectivity index (χ1) is 12.5.